The van der Waals surface area contributed by atoms with Crippen LogP contribution in [-0.4, -0.2) is 0 Å². The van der Waals surface area contributed by atoms with Crippen molar-refractivity contribution in [1.29, 1.82) is 0 Å². The third-order valence-corrected chi connectivity index (χ3v) is 16.7. The van der Waals surface area contributed by atoms with Crippen molar-refractivity contribution in [2.24, 2.45) is 0 Å². The first-order chi connectivity index (χ1) is 40.0. The number of hydrogen-bond acceptors (Lipinski definition) is 0. The van der Waals surface area contributed by atoms with Crippen molar-refractivity contribution >= 4 is 0 Å². The molecule has 0 aliphatic rings. The van der Waals surface area contributed by atoms with E-state index in [1.807, 2.05) is 0 Å². The van der Waals surface area contributed by atoms with Crippen molar-refractivity contribution in [2.45, 2.75) is 299 Å². The van der Waals surface area contributed by atoms with Gasteiger partial charge in [-0.3, -0.25) is 0 Å². The lowest BCUT2D eigenvalue weighted by atomic mass is 9.81. The summed E-state index contributed by atoms with van der Waals surface area (Å²) >= 11 is 0. The molecule has 0 aliphatic heterocycles. The Balaban J connectivity index is 0. The molecule has 0 bridgehead atoms. The largest absolute Gasteiger partial charge is 0.0776 e. The van der Waals surface area contributed by atoms with E-state index >= 15 is 0 Å². The van der Waals surface area contributed by atoms with Gasteiger partial charge >= 0.3 is 0 Å². The molecule has 8 aromatic rings. The summed E-state index contributed by atoms with van der Waals surface area (Å²) < 4.78 is 0. The fourth-order valence-corrected chi connectivity index (χ4v) is 9.91. The van der Waals surface area contributed by atoms with Gasteiger partial charge in [0.15, 0.2) is 0 Å². The maximum absolute atomic E-state index is 2.33. The average molecular weight is 1260 g/mol. The molecular formula is C93H142. The lowest BCUT2D eigenvalue weighted by molar-refractivity contribution is 0.568. The molecule has 0 spiro atoms. The highest BCUT2D eigenvalue weighted by Crippen LogP contribution is 2.35. The van der Waals surface area contributed by atoms with Gasteiger partial charge in [0.2, 0.25) is 0 Å². The predicted octanol–water partition coefficient (Wildman–Crippen LogP) is 29.6. The molecule has 0 unspecified atom stereocenters. The molecule has 0 aromatic heterocycles. The minimum atomic E-state index is 0. The first-order valence-corrected chi connectivity index (χ1v) is 32.8. The summed E-state index contributed by atoms with van der Waals surface area (Å²) in [5.74, 6) is 0. The summed E-state index contributed by atoms with van der Waals surface area (Å²) in [5, 5.41) is 0. The summed E-state index contributed by atoms with van der Waals surface area (Å²) in [7, 11) is 0. The van der Waals surface area contributed by atoms with Gasteiger partial charge in [-0.1, -0.05) is 439 Å². The van der Waals surface area contributed by atoms with Crippen LogP contribution in [0.1, 0.15) is 300 Å². The molecule has 514 valence electrons. The van der Waals surface area contributed by atoms with Crippen LogP contribution in [0.2, 0.25) is 0 Å². The maximum Gasteiger partial charge on any atom is -0.0132 e. The summed E-state index contributed by atoms with van der Waals surface area (Å²) in [6, 6.07) is 71.5. The SMILES string of the molecule is C.C.C.C.C.CC(C)(C)c1ccc(-c2ccc(C(C)(C)C)cc2)cc1.CC(C)(C)c1ccc(-c2cccc(C(C)(C)C)c2)cc1.CC(C)(C)c1ccc(C(C)(C)C)cc1.CC(C)(C)c1cccc(-c2cccc(C(C)(C)C)c2)c1.CC(C)(C)c1cccc(C(C)(C)C)c1. The zero-order valence-electron chi connectivity index (χ0n) is 61.5. The highest BCUT2D eigenvalue weighted by atomic mass is 14.3. The van der Waals surface area contributed by atoms with E-state index in [-0.39, 0.29) is 91.3 Å². The molecule has 0 heteroatoms. The Bertz CT molecular complexity index is 3220. The molecule has 93 heavy (non-hydrogen) atoms. The van der Waals surface area contributed by atoms with Gasteiger partial charge in [0, 0.05) is 0 Å². The fraction of sp³-hybridized carbons (Fsp3) is 0.484. The van der Waals surface area contributed by atoms with E-state index in [2.05, 4.69) is 402 Å². The van der Waals surface area contributed by atoms with Crippen LogP contribution in [0.3, 0.4) is 0 Å². The Morgan fingerprint density at radius 1 is 0.129 bits per heavy atom. The second-order valence-corrected chi connectivity index (χ2v) is 35.1. The second-order valence-electron chi connectivity index (χ2n) is 35.1. The zero-order valence-corrected chi connectivity index (χ0v) is 61.5. The van der Waals surface area contributed by atoms with Gasteiger partial charge in [-0.25, -0.2) is 0 Å². The van der Waals surface area contributed by atoms with Crippen LogP contribution >= 0.6 is 0 Å². The van der Waals surface area contributed by atoms with Gasteiger partial charge in [-0.05, 0) is 143 Å². The Morgan fingerprint density at radius 2 is 0.258 bits per heavy atom. The molecule has 0 N–H and O–H groups in total. The average Bonchev–Trinajstić information content (AvgIpc) is 0.889. The van der Waals surface area contributed by atoms with E-state index in [4.69, 9.17) is 0 Å². The van der Waals surface area contributed by atoms with Gasteiger partial charge in [0.25, 0.3) is 0 Å². The molecule has 0 fully saturated rings. The van der Waals surface area contributed by atoms with E-state index in [1.165, 1.54) is 89.0 Å². The van der Waals surface area contributed by atoms with Gasteiger partial charge in [0.05, 0.1) is 0 Å². The maximum atomic E-state index is 2.33. The van der Waals surface area contributed by atoms with Crippen molar-refractivity contribution in [3.8, 4) is 33.4 Å². The Morgan fingerprint density at radius 3 is 0.430 bits per heavy atom. The predicted molar refractivity (Wildman–Crippen MR) is 429 cm³/mol. The smallest absolute Gasteiger partial charge is 0.0132 e. The van der Waals surface area contributed by atoms with Crippen molar-refractivity contribution in [3.05, 3.63) is 250 Å². The number of benzene rings is 8. The summed E-state index contributed by atoms with van der Waals surface area (Å²) in [5.41, 5.74) is 24.0. The van der Waals surface area contributed by atoms with Crippen LogP contribution in [0, 0.1) is 0 Å². The summed E-state index contributed by atoms with van der Waals surface area (Å²) in [4.78, 5) is 0. The first-order valence-electron chi connectivity index (χ1n) is 32.8. The third kappa shape index (κ3) is 28.3. The lowest BCUT2D eigenvalue weighted by Gasteiger charge is -2.24. The van der Waals surface area contributed by atoms with Crippen LogP contribution < -0.4 is 0 Å². The third-order valence-electron chi connectivity index (χ3n) is 16.7. The molecule has 8 rings (SSSR count). The van der Waals surface area contributed by atoms with E-state index in [0.29, 0.717) is 0 Å². The van der Waals surface area contributed by atoms with Crippen LogP contribution in [0.25, 0.3) is 33.4 Å². The second kappa shape index (κ2) is 34.4. The van der Waals surface area contributed by atoms with Crippen LogP contribution in [0.15, 0.2) is 194 Å². The minimum absolute atomic E-state index is 0. The van der Waals surface area contributed by atoms with Gasteiger partial charge in [0.1, 0.15) is 0 Å². The molecule has 0 saturated heterocycles. The normalized spacial score (nSPS) is 12.0. The van der Waals surface area contributed by atoms with Crippen LogP contribution in [-0.2, 0) is 54.1 Å². The van der Waals surface area contributed by atoms with Crippen LogP contribution in [0.4, 0.5) is 0 Å². The number of hydrogen-bond donors (Lipinski definition) is 0. The van der Waals surface area contributed by atoms with E-state index in [9.17, 15) is 0 Å². The molecule has 8 aromatic carbocycles. The molecular weight excluding hydrogens is 1120 g/mol. The zero-order chi connectivity index (χ0) is 66.9. The van der Waals surface area contributed by atoms with Gasteiger partial charge < -0.3 is 0 Å². The molecule has 0 aliphatic carbocycles. The Hall–Kier alpha value is -6.24. The Kier molecular flexibility index (Phi) is 32.9. The highest BCUT2D eigenvalue weighted by molar-refractivity contribution is 5.67. The van der Waals surface area contributed by atoms with Crippen molar-refractivity contribution in [3.63, 3.8) is 0 Å². The van der Waals surface area contributed by atoms with Crippen molar-refractivity contribution < 1.29 is 0 Å². The summed E-state index contributed by atoms with van der Waals surface area (Å²) in [6.07, 6.45) is 0. The van der Waals surface area contributed by atoms with Gasteiger partial charge in [-0.15, -0.1) is 0 Å². The van der Waals surface area contributed by atoms with Crippen LogP contribution in [0.5, 0.6) is 0 Å². The lowest BCUT2D eigenvalue weighted by Crippen LogP contribution is -2.15. The standard InChI is InChI=1S/3C20H26.2C14H22.5CH4/c1-19(2,3)17-11-7-15(8-12-17)16-9-13-18(14-10-16)20(4,5)6;1-19(2,3)17-11-7-9-15(13-17)16-10-8-12-18(14-16)20(4,5)6;1-19(2,3)17-12-10-15(11-13-17)16-8-7-9-18(14-16)20(4,5)6;1-13(2,3)11-7-9-12(10-8-11)14(4,5)6;1-13(2,3)11-8-7-9-12(10-11)14(4,5)6;;;;;/h3*7-14H,1-6H3;2*7-10H,1-6H3;5*1H4. The molecule has 0 atom stereocenters. The summed E-state index contributed by atoms with van der Waals surface area (Å²) in [6.45, 7) is 67.7. The number of rotatable bonds is 3. The Labute approximate surface area is 578 Å². The topological polar surface area (TPSA) is 0 Å². The highest BCUT2D eigenvalue weighted by Gasteiger charge is 2.22. The van der Waals surface area contributed by atoms with Crippen molar-refractivity contribution in [2.75, 3.05) is 0 Å². The minimum Gasteiger partial charge on any atom is -0.0776 e. The fourth-order valence-electron chi connectivity index (χ4n) is 9.91. The monoisotopic (exact) mass is 1260 g/mol. The molecule has 0 saturated carbocycles. The molecule has 0 nitrogen and oxygen atoms in total. The van der Waals surface area contributed by atoms with E-state index < -0.39 is 0 Å². The molecule has 0 heterocycles. The van der Waals surface area contributed by atoms with E-state index in [0.717, 1.165) is 0 Å². The molecule has 0 amide bonds. The quantitative estimate of drug-likeness (QED) is 0.165. The van der Waals surface area contributed by atoms with Gasteiger partial charge in [-0.2, -0.15) is 0 Å². The van der Waals surface area contributed by atoms with E-state index in [1.54, 1.807) is 0 Å². The molecule has 0 radical (unpaired) electrons. The van der Waals surface area contributed by atoms with Crippen molar-refractivity contribution in [1.82, 2.24) is 0 Å². The first kappa shape index (κ1) is 88.8.